The van der Waals surface area contributed by atoms with Crippen molar-refractivity contribution in [1.82, 2.24) is 9.88 Å². The van der Waals surface area contributed by atoms with Crippen molar-refractivity contribution in [3.8, 4) is 16.8 Å². The topological polar surface area (TPSA) is 68.0 Å². The van der Waals surface area contributed by atoms with Crippen LogP contribution in [0.5, 0.6) is 0 Å². The number of furan rings is 2. The van der Waals surface area contributed by atoms with E-state index in [2.05, 4.69) is 137 Å². The van der Waals surface area contributed by atoms with Crippen LogP contribution in [0, 0.1) is 0 Å². The van der Waals surface area contributed by atoms with Crippen molar-refractivity contribution in [2.75, 3.05) is 0 Å². The molecule has 1 unspecified atom stereocenters. The number of nitrogens with one attached hydrogen (secondary N) is 1. The maximum Gasteiger partial charge on any atom is 0.159 e. The summed E-state index contributed by atoms with van der Waals surface area (Å²) in [5.41, 5.74) is 11.8. The van der Waals surface area contributed by atoms with Crippen LogP contribution < -0.4 is 5.32 Å². The third-order valence-corrected chi connectivity index (χ3v) is 11.3. The van der Waals surface area contributed by atoms with E-state index >= 15 is 0 Å². The maximum absolute atomic E-state index is 6.71. The first-order valence-corrected chi connectivity index (χ1v) is 19.2. The van der Waals surface area contributed by atoms with Crippen LogP contribution in [0.3, 0.4) is 0 Å². The van der Waals surface area contributed by atoms with Crippen molar-refractivity contribution in [2.45, 2.75) is 6.17 Å². The van der Waals surface area contributed by atoms with E-state index in [1.807, 2.05) is 54.6 Å². The fourth-order valence-corrected chi connectivity index (χ4v) is 8.77. The van der Waals surface area contributed by atoms with Gasteiger partial charge in [0.2, 0.25) is 0 Å². The Morgan fingerprint density at radius 2 is 1.07 bits per heavy atom. The van der Waals surface area contributed by atoms with Gasteiger partial charge in [-0.2, -0.15) is 0 Å². The Bertz CT molecular complexity index is 3390. The minimum absolute atomic E-state index is 0.414. The molecule has 0 amide bonds. The predicted molar refractivity (Wildman–Crippen MR) is 233 cm³/mol. The second-order valence-electron chi connectivity index (χ2n) is 14.5. The summed E-state index contributed by atoms with van der Waals surface area (Å²) in [6.45, 7) is 0. The molecule has 11 aromatic rings. The summed E-state index contributed by atoms with van der Waals surface area (Å²) in [6, 6.07) is 63.1. The minimum atomic E-state index is -0.414. The van der Waals surface area contributed by atoms with E-state index in [9.17, 15) is 0 Å². The SMILES string of the molecule is c1ccc(C2=NC(c3cccc4oc5cccc(-c6ccc7c(c6)oc6cccc(-n8c9ccccc9c9ccccc98)c67)c5c34)NC(c3ccccc3)=N2)cc1. The van der Waals surface area contributed by atoms with Gasteiger partial charge in [0.15, 0.2) is 5.84 Å². The van der Waals surface area contributed by atoms with E-state index in [1.54, 1.807) is 0 Å². The third kappa shape index (κ3) is 4.90. The Balaban J connectivity index is 1.03. The lowest BCUT2D eigenvalue weighted by Gasteiger charge is -2.24. The Labute approximate surface area is 326 Å². The van der Waals surface area contributed by atoms with Crippen LogP contribution in [0.2, 0.25) is 0 Å². The highest BCUT2D eigenvalue weighted by Crippen LogP contribution is 2.43. The average Bonchev–Trinajstić information content (AvgIpc) is 3.96. The number of aliphatic imine (C=N–C) groups is 2. The number of amidine groups is 2. The molecule has 3 aromatic heterocycles. The number of hydrogen-bond acceptors (Lipinski definition) is 5. The summed E-state index contributed by atoms with van der Waals surface area (Å²) in [5.74, 6) is 1.45. The van der Waals surface area contributed by atoms with Crippen LogP contribution in [0.15, 0.2) is 201 Å². The highest BCUT2D eigenvalue weighted by atomic mass is 16.3. The van der Waals surface area contributed by atoms with Gasteiger partial charge in [0.25, 0.3) is 0 Å². The van der Waals surface area contributed by atoms with Gasteiger partial charge in [-0.15, -0.1) is 0 Å². The first kappa shape index (κ1) is 31.6. The Hall–Kier alpha value is -7.70. The largest absolute Gasteiger partial charge is 0.456 e. The molecule has 1 aliphatic rings. The molecule has 57 heavy (non-hydrogen) atoms. The molecule has 268 valence electrons. The zero-order chi connectivity index (χ0) is 37.5. The summed E-state index contributed by atoms with van der Waals surface area (Å²) in [7, 11) is 0. The molecule has 0 spiro atoms. The standard InChI is InChI=1S/C51H32N4O2/c1-3-14-31(15-4-1)49-52-50(32-16-5-2-6-17-32)54-51(53-49)38-21-12-26-44-48(38)47-34(20-11-25-43(47)56-44)33-28-29-37-45(30-33)57-42-27-13-24-41(46(37)42)55-39-22-9-7-18-35(39)36-19-8-10-23-40(36)55/h1-30,51H,(H,52,53,54). The third-order valence-electron chi connectivity index (χ3n) is 11.3. The molecular weight excluding hydrogens is 701 g/mol. The van der Waals surface area contributed by atoms with Crippen LogP contribution in [-0.2, 0) is 0 Å². The second kappa shape index (κ2) is 12.4. The van der Waals surface area contributed by atoms with Crippen LogP contribution in [0.25, 0.3) is 82.5 Å². The second-order valence-corrected chi connectivity index (χ2v) is 14.5. The van der Waals surface area contributed by atoms with E-state index in [0.717, 1.165) is 83.2 Å². The zero-order valence-electron chi connectivity index (χ0n) is 30.6. The highest BCUT2D eigenvalue weighted by molar-refractivity contribution is 6.18. The lowest BCUT2D eigenvalue weighted by atomic mass is 9.95. The normalized spacial score (nSPS) is 14.5. The van der Waals surface area contributed by atoms with Crippen LogP contribution >= 0.6 is 0 Å². The van der Waals surface area contributed by atoms with Gasteiger partial charge in [-0.05, 0) is 59.7 Å². The van der Waals surface area contributed by atoms with Gasteiger partial charge in [0, 0.05) is 43.6 Å². The van der Waals surface area contributed by atoms with Crippen molar-refractivity contribution < 1.29 is 8.83 Å². The summed E-state index contributed by atoms with van der Waals surface area (Å²) in [5, 5.41) is 10.3. The number of hydrogen-bond donors (Lipinski definition) is 1. The Morgan fingerprint density at radius 1 is 0.456 bits per heavy atom. The molecule has 6 heteroatoms. The van der Waals surface area contributed by atoms with Gasteiger partial charge in [0.1, 0.15) is 34.3 Å². The number of fused-ring (bicyclic) bond motifs is 9. The molecule has 6 nitrogen and oxygen atoms in total. The molecule has 0 aliphatic carbocycles. The lowest BCUT2D eigenvalue weighted by molar-refractivity contribution is 0.662. The molecule has 1 aliphatic heterocycles. The first-order valence-electron chi connectivity index (χ1n) is 19.2. The Morgan fingerprint density at radius 3 is 1.82 bits per heavy atom. The fourth-order valence-electron chi connectivity index (χ4n) is 8.77. The molecule has 4 heterocycles. The van der Waals surface area contributed by atoms with Crippen molar-refractivity contribution in [3.05, 3.63) is 199 Å². The van der Waals surface area contributed by atoms with Crippen LogP contribution in [0.1, 0.15) is 22.9 Å². The van der Waals surface area contributed by atoms with E-state index < -0.39 is 6.17 Å². The number of para-hydroxylation sites is 2. The molecule has 1 N–H and O–H groups in total. The Kier molecular flexibility index (Phi) is 6.89. The molecule has 0 bridgehead atoms. The average molecular weight is 733 g/mol. The molecule has 12 rings (SSSR count). The van der Waals surface area contributed by atoms with Gasteiger partial charge in [-0.25, -0.2) is 9.98 Å². The molecule has 0 saturated heterocycles. The van der Waals surface area contributed by atoms with Crippen LogP contribution in [-0.4, -0.2) is 16.2 Å². The predicted octanol–water partition coefficient (Wildman–Crippen LogP) is 12.7. The van der Waals surface area contributed by atoms with Gasteiger partial charge in [0.05, 0.1) is 22.1 Å². The fraction of sp³-hybridized carbons (Fsp3) is 0.0196. The quantitative estimate of drug-likeness (QED) is 0.192. The van der Waals surface area contributed by atoms with E-state index in [4.69, 9.17) is 18.8 Å². The van der Waals surface area contributed by atoms with Gasteiger partial charge in [-0.3, -0.25) is 0 Å². The number of nitrogens with zero attached hydrogens (tertiary/aromatic N) is 3. The summed E-state index contributed by atoms with van der Waals surface area (Å²) in [4.78, 5) is 10.2. The monoisotopic (exact) mass is 732 g/mol. The maximum atomic E-state index is 6.71. The first-order chi connectivity index (χ1) is 28.3. The van der Waals surface area contributed by atoms with Crippen LogP contribution in [0.4, 0.5) is 0 Å². The number of rotatable bonds is 5. The highest BCUT2D eigenvalue weighted by Gasteiger charge is 2.26. The smallest absolute Gasteiger partial charge is 0.159 e. The molecule has 0 saturated carbocycles. The lowest BCUT2D eigenvalue weighted by Crippen LogP contribution is -2.33. The summed E-state index contributed by atoms with van der Waals surface area (Å²) in [6.07, 6.45) is -0.414. The van der Waals surface area contributed by atoms with Gasteiger partial charge >= 0.3 is 0 Å². The van der Waals surface area contributed by atoms with Crippen molar-refractivity contribution in [2.24, 2.45) is 9.98 Å². The number of benzene rings is 8. The molecule has 0 fully saturated rings. The summed E-state index contributed by atoms with van der Waals surface area (Å²) >= 11 is 0. The van der Waals surface area contributed by atoms with Gasteiger partial charge < -0.3 is 18.7 Å². The van der Waals surface area contributed by atoms with Crippen molar-refractivity contribution in [1.29, 1.82) is 0 Å². The van der Waals surface area contributed by atoms with E-state index in [1.165, 1.54) is 21.8 Å². The summed E-state index contributed by atoms with van der Waals surface area (Å²) < 4.78 is 15.7. The minimum Gasteiger partial charge on any atom is -0.456 e. The van der Waals surface area contributed by atoms with Gasteiger partial charge in [-0.1, -0.05) is 133 Å². The zero-order valence-corrected chi connectivity index (χ0v) is 30.6. The molecule has 0 radical (unpaired) electrons. The van der Waals surface area contributed by atoms with Crippen molar-refractivity contribution in [3.63, 3.8) is 0 Å². The molecule has 1 atom stereocenters. The molecule has 8 aromatic carbocycles. The van der Waals surface area contributed by atoms with Crippen molar-refractivity contribution >= 4 is 77.4 Å². The van der Waals surface area contributed by atoms with E-state index in [-0.39, 0.29) is 0 Å². The molecular formula is C51H32N4O2. The van der Waals surface area contributed by atoms with E-state index in [0.29, 0.717) is 5.84 Å². The number of aromatic nitrogens is 1.